The lowest BCUT2D eigenvalue weighted by molar-refractivity contribution is -0.0653. The molecule has 368 valence electrons. The molecule has 0 unspecified atom stereocenters. The monoisotopic (exact) mass is 966 g/mol. The number of benzene rings is 2. The van der Waals surface area contributed by atoms with Crippen LogP contribution in [0.2, 0.25) is 0 Å². The van der Waals surface area contributed by atoms with Gasteiger partial charge >= 0.3 is 0 Å². The second-order valence-corrected chi connectivity index (χ2v) is 18.6. The van der Waals surface area contributed by atoms with E-state index in [2.05, 4.69) is 19.9 Å². The van der Waals surface area contributed by atoms with Crippen LogP contribution in [0, 0.1) is 46.7 Å². The SMILES string of the molecule is CC[C@]1(O)[C@H](C)C[C@H](c2ccncc2CC(=O)c2ccc(F)c(-c3c(F)cccc3F)n2)C[C@@H]1N.CC[C@]1(O)[C@H](N)C[C@H](c2ccncc2CC(=O)c2ccc(F)c(-c3c(F)cccc3F)n2)C[C@@H]1C. The molecule has 0 saturated heterocycles. The van der Waals surface area contributed by atoms with Crippen molar-refractivity contribution < 1.29 is 46.1 Å². The van der Waals surface area contributed by atoms with Crippen LogP contribution in [-0.4, -0.2) is 65.0 Å². The maximum absolute atomic E-state index is 14.4. The number of hydrogen-bond acceptors (Lipinski definition) is 10. The van der Waals surface area contributed by atoms with Crippen molar-refractivity contribution in [1.82, 2.24) is 19.9 Å². The lowest BCUT2D eigenvalue weighted by atomic mass is 9.66. The lowest BCUT2D eigenvalue weighted by Crippen LogP contribution is -2.56. The number of hydrogen-bond donors (Lipinski definition) is 4. The van der Waals surface area contributed by atoms with Crippen molar-refractivity contribution in [3.05, 3.63) is 166 Å². The summed E-state index contributed by atoms with van der Waals surface area (Å²) < 4.78 is 85.8. The molecule has 2 aliphatic carbocycles. The van der Waals surface area contributed by atoms with Crippen LogP contribution in [0.25, 0.3) is 22.5 Å². The van der Waals surface area contributed by atoms with Crippen molar-refractivity contribution in [2.75, 3.05) is 0 Å². The number of nitrogens with two attached hydrogens (primary N) is 2. The van der Waals surface area contributed by atoms with Crippen LogP contribution in [0.1, 0.15) is 121 Å². The Kier molecular flexibility index (Phi) is 15.8. The molecule has 0 bridgehead atoms. The molecule has 0 radical (unpaired) electrons. The Morgan fingerprint density at radius 1 is 0.557 bits per heavy atom. The summed E-state index contributed by atoms with van der Waals surface area (Å²) >= 11 is 0. The van der Waals surface area contributed by atoms with Gasteiger partial charge in [0.05, 0.1) is 22.3 Å². The number of aromatic nitrogens is 4. The Labute approximate surface area is 402 Å². The van der Waals surface area contributed by atoms with E-state index in [-0.39, 0.29) is 47.9 Å². The van der Waals surface area contributed by atoms with Gasteiger partial charge in [-0.05, 0) is 145 Å². The average Bonchev–Trinajstić information content (AvgIpc) is 3.33. The minimum atomic E-state index is -0.967. The van der Waals surface area contributed by atoms with Gasteiger partial charge in [-0.2, -0.15) is 0 Å². The third-order valence-electron chi connectivity index (χ3n) is 14.6. The van der Waals surface area contributed by atoms with Crippen molar-refractivity contribution >= 4 is 11.6 Å². The largest absolute Gasteiger partial charge is 0.388 e. The first-order valence-corrected chi connectivity index (χ1v) is 23.4. The predicted molar refractivity (Wildman–Crippen MR) is 252 cm³/mol. The molecule has 2 aromatic carbocycles. The van der Waals surface area contributed by atoms with Gasteiger partial charge in [-0.1, -0.05) is 39.8 Å². The zero-order valence-electron chi connectivity index (χ0n) is 39.3. The summed E-state index contributed by atoms with van der Waals surface area (Å²) in [6.07, 6.45) is 10.0. The fourth-order valence-corrected chi connectivity index (χ4v) is 10.4. The molecular weight excluding hydrogens is 911 g/mol. The molecule has 8 rings (SSSR count). The summed E-state index contributed by atoms with van der Waals surface area (Å²) in [6, 6.07) is 13.6. The molecule has 2 fully saturated rings. The number of halogens is 6. The quantitative estimate of drug-likeness (QED) is 0.0682. The molecule has 2 aliphatic rings. The number of ketones is 2. The van der Waals surface area contributed by atoms with E-state index in [1.165, 1.54) is 24.3 Å². The van der Waals surface area contributed by atoms with Gasteiger partial charge in [0.25, 0.3) is 0 Å². The standard InChI is InChI=1S/2C27H28F3N3O2/c2*1-3-27(35)15(2)11-16(13-24(27)31)18-9-10-32-14-17(18)12-23(34)22-8-7-21(30)26(33-22)25-19(28)5-4-6-20(25)29/h2*4-10,14-16,24,35H,3,11-13,31H2,1-2H3/t2*15-,16+,24+,27+/m10/s1. The van der Waals surface area contributed by atoms with E-state index in [4.69, 9.17) is 11.5 Å². The summed E-state index contributed by atoms with van der Waals surface area (Å²) in [5.41, 5.74) is 11.5. The molecule has 4 heterocycles. The molecule has 0 amide bonds. The molecular formula is C54H56F6N6O4. The van der Waals surface area contributed by atoms with Gasteiger partial charge in [-0.25, -0.2) is 36.3 Å². The molecule has 6 aromatic rings. The third kappa shape index (κ3) is 10.5. The van der Waals surface area contributed by atoms with Crippen LogP contribution in [0.5, 0.6) is 0 Å². The van der Waals surface area contributed by atoms with E-state index in [0.29, 0.717) is 49.7 Å². The van der Waals surface area contributed by atoms with Crippen molar-refractivity contribution in [3.8, 4) is 22.5 Å². The van der Waals surface area contributed by atoms with E-state index in [0.717, 1.165) is 47.5 Å². The molecule has 16 heteroatoms. The highest BCUT2D eigenvalue weighted by Crippen LogP contribution is 2.45. The summed E-state index contributed by atoms with van der Waals surface area (Å²) in [7, 11) is 0. The van der Waals surface area contributed by atoms with Crippen molar-refractivity contribution in [1.29, 1.82) is 0 Å². The maximum Gasteiger partial charge on any atom is 0.185 e. The van der Waals surface area contributed by atoms with Gasteiger partial charge in [-0.3, -0.25) is 19.6 Å². The van der Waals surface area contributed by atoms with Crippen LogP contribution in [-0.2, 0) is 12.8 Å². The first-order valence-electron chi connectivity index (χ1n) is 23.4. The Balaban J connectivity index is 0.000000206. The van der Waals surface area contributed by atoms with Crippen molar-refractivity contribution in [2.45, 2.75) is 114 Å². The topological polar surface area (TPSA) is 178 Å². The van der Waals surface area contributed by atoms with Crippen LogP contribution < -0.4 is 11.5 Å². The first-order chi connectivity index (χ1) is 33.3. The van der Waals surface area contributed by atoms with Gasteiger partial charge in [0.1, 0.15) is 57.7 Å². The number of rotatable bonds is 12. The maximum atomic E-state index is 14.4. The molecule has 4 aromatic heterocycles. The zero-order chi connectivity index (χ0) is 50.7. The van der Waals surface area contributed by atoms with Crippen LogP contribution in [0.3, 0.4) is 0 Å². The number of carbonyl (C=O) groups is 2. The Morgan fingerprint density at radius 2 is 0.914 bits per heavy atom. The van der Waals surface area contributed by atoms with Gasteiger partial charge < -0.3 is 21.7 Å². The number of aliphatic hydroxyl groups is 2. The van der Waals surface area contributed by atoms with Crippen molar-refractivity contribution in [3.63, 3.8) is 0 Å². The molecule has 2 saturated carbocycles. The highest BCUT2D eigenvalue weighted by Gasteiger charge is 2.46. The summed E-state index contributed by atoms with van der Waals surface area (Å²) in [5.74, 6) is -6.60. The smallest absolute Gasteiger partial charge is 0.185 e. The fourth-order valence-electron chi connectivity index (χ4n) is 10.4. The van der Waals surface area contributed by atoms with Crippen LogP contribution >= 0.6 is 0 Å². The molecule has 70 heavy (non-hydrogen) atoms. The Morgan fingerprint density at radius 3 is 1.24 bits per heavy atom. The van der Waals surface area contributed by atoms with Crippen LogP contribution in [0.15, 0.2) is 97.6 Å². The molecule has 6 N–H and O–H groups in total. The molecule has 0 spiro atoms. The van der Waals surface area contributed by atoms with Gasteiger partial charge in [0.15, 0.2) is 11.6 Å². The number of nitrogens with zero attached hydrogens (tertiary/aromatic N) is 4. The van der Waals surface area contributed by atoms with Gasteiger partial charge in [0.2, 0.25) is 0 Å². The van der Waals surface area contributed by atoms with E-state index in [1.807, 2.05) is 39.8 Å². The number of carbonyl (C=O) groups excluding carboxylic acids is 2. The minimum Gasteiger partial charge on any atom is -0.388 e. The summed E-state index contributed by atoms with van der Waals surface area (Å²) in [4.78, 5) is 42.5. The van der Waals surface area contributed by atoms with E-state index in [9.17, 15) is 46.1 Å². The first kappa shape index (κ1) is 51.6. The Hall–Kier alpha value is -6.20. The molecule has 10 nitrogen and oxygen atoms in total. The van der Waals surface area contributed by atoms with E-state index >= 15 is 0 Å². The average molecular weight is 967 g/mol. The van der Waals surface area contributed by atoms with E-state index < -0.39 is 92.3 Å². The highest BCUT2D eigenvalue weighted by atomic mass is 19.2. The number of Topliss-reactive ketones (excluding diaryl/α,β-unsaturated/α-hetero) is 2. The Bertz CT molecular complexity index is 2630. The minimum absolute atomic E-state index is 0.0295. The van der Waals surface area contributed by atoms with Crippen LogP contribution in [0.4, 0.5) is 26.3 Å². The summed E-state index contributed by atoms with van der Waals surface area (Å²) in [6.45, 7) is 7.80. The second-order valence-electron chi connectivity index (χ2n) is 18.6. The molecule has 0 aliphatic heterocycles. The predicted octanol–water partition coefficient (Wildman–Crippen LogP) is 9.94. The molecule has 8 atom stereocenters. The normalized spacial score (nSPS) is 24.4. The van der Waals surface area contributed by atoms with E-state index in [1.54, 1.807) is 24.8 Å². The number of pyridine rings is 4. The highest BCUT2D eigenvalue weighted by molar-refractivity contribution is 5.97. The summed E-state index contributed by atoms with van der Waals surface area (Å²) in [5, 5.41) is 21.9. The fraction of sp³-hybridized carbons (Fsp3) is 0.370. The third-order valence-corrected chi connectivity index (χ3v) is 14.6. The van der Waals surface area contributed by atoms with Gasteiger partial charge in [-0.15, -0.1) is 0 Å². The van der Waals surface area contributed by atoms with Gasteiger partial charge in [0, 0.05) is 49.7 Å². The van der Waals surface area contributed by atoms with Crippen molar-refractivity contribution in [2.24, 2.45) is 23.3 Å². The lowest BCUT2D eigenvalue weighted by Gasteiger charge is -2.46. The zero-order valence-corrected chi connectivity index (χ0v) is 39.3. The second kappa shape index (κ2) is 21.4.